The Bertz CT molecular complexity index is 349. The molecule has 90 valence electrons. The van der Waals surface area contributed by atoms with E-state index in [9.17, 15) is 4.21 Å². The third-order valence-electron chi connectivity index (χ3n) is 2.41. The lowest BCUT2D eigenvalue weighted by Gasteiger charge is -2.13. The first kappa shape index (κ1) is 13.2. The van der Waals surface area contributed by atoms with Crippen molar-refractivity contribution in [2.75, 3.05) is 12.9 Å². The maximum atomic E-state index is 11.7. The molecule has 0 spiro atoms. The highest BCUT2D eigenvalue weighted by Gasteiger charge is 2.12. The molecule has 2 N–H and O–H groups in total. The van der Waals surface area contributed by atoms with E-state index in [0.29, 0.717) is 5.75 Å². The van der Waals surface area contributed by atoms with Gasteiger partial charge in [0.2, 0.25) is 0 Å². The van der Waals surface area contributed by atoms with E-state index >= 15 is 0 Å². The molecular formula is C12H19NO2S. The van der Waals surface area contributed by atoms with E-state index in [1.54, 1.807) is 7.11 Å². The van der Waals surface area contributed by atoms with E-state index < -0.39 is 10.8 Å². The summed E-state index contributed by atoms with van der Waals surface area (Å²) in [7, 11) is 0.762. The Labute approximate surface area is 99.4 Å². The fourth-order valence-electron chi connectivity index (χ4n) is 1.32. The Morgan fingerprint density at radius 1 is 1.31 bits per heavy atom. The summed E-state index contributed by atoms with van der Waals surface area (Å²) in [4.78, 5) is 0. The van der Waals surface area contributed by atoms with Crippen LogP contribution in [0.15, 0.2) is 24.3 Å². The standard InChI is InChI=1S/C12H19NO2S/c1-9(2)16(14)8-12(13)10-4-6-11(15-3)7-5-10/h4-7,9,12H,8,13H2,1-3H3. The molecule has 4 heteroatoms. The monoisotopic (exact) mass is 241 g/mol. The van der Waals surface area contributed by atoms with Crippen molar-refractivity contribution in [2.45, 2.75) is 25.1 Å². The molecule has 0 amide bonds. The van der Waals surface area contributed by atoms with Crippen LogP contribution in [0.4, 0.5) is 0 Å². The molecule has 2 atom stereocenters. The SMILES string of the molecule is COc1ccc(C(N)CS(=O)C(C)C)cc1. The van der Waals surface area contributed by atoms with Gasteiger partial charge in [0.15, 0.2) is 0 Å². The topological polar surface area (TPSA) is 52.3 Å². The van der Waals surface area contributed by atoms with Crippen LogP contribution in [0.5, 0.6) is 5.75 Å². The van der Waals surface area contributed by atoms with Gasteiger partial charge in [-0.2, -0.15) is 0 Å². The minimum absolute atomic E-state index is 0.157. The highest BCUT2D eigenvalue weighted by atomic mass is 32.2. The molecule has 1 aromatic rings. The molecular weight excluding hydrogens is 222 g/mol. The van der Waals surface area contributed by atoms with Gasteiger partial charge in [0, 0.05) is 27.8 Å². The molecule has 0 saturated carbocycles. The number of benzene rings is 1. The molecule has 0 aliphatic rings. The van der Waals surface area contributed by atoms with E-state index in [1.807, 2.05) is 38.1 Å². The predicted octanol–water partition coefficient (Wildman–Crippen LogP) is 1.85. The van der Waals surface area contributed by atoms with E-state index in [-0.39, 0.29) is 11.3 Å². The Balaban J connectivity index is 2.65. The van der Waals surface area contributed by atoms with Crippen LogP contribution < -0.4 is 10.5 Å². The lowest BCUT2D eigenvalue weighted by molar-refractivity contribution is 0.414. The Kier molecular flexibility index (Phi) is 4.96. The number of hydrogen-bond acceptors (Lipinski definition) is 3. The van der Waals surface area contributed by atoms with Crippen molar-refractivity contribution in [2.24, 2.45) is 5.73 Å². The Morgan fingerprint density at radius 3 is 2.31 bits per heavy atom. The molecule has 1 rings (SSSR count). The molecule has 0 saturated heterocycles. The molecule has 2 unspecified atom stereocenters. The first-order valence-corrected chi connectivity index (χ1v) is 6.69. The summed E-state index contributed by atoms with van der Waals surface area (Å²) in [6, 6.07) is 7.40. The Hall–Kier alpha value is -0.870. The van der Waals surface area contributed by atoms with Crippen LogP contribution in [0.1, 0.15) is 25.5 Å². The van der Waals surface area contributed by atoms with Crippen molar-refractivity contribution >= 4 is 10.8 Å². The summed E-state index contributed by atoms with van der Waals surface area (Å²) in [5.74, 6) is 1.31. The minimum atomic E-state index is -0.866. The summed E-state index contributed by atoms with van der Waals surface area (Å²) in [5, 5.41) is 0.157. The summed E-state index contributed by atoms with van der Waals surface area (Å²) in [6.45, 7) is 3.88. The third-order valence-corrected chi connectivity index (χ3v) is 4.15. The van der Waals surface area contributed by atoms with E-state index in [4.69, 9.17) is 10.5 Å². The maximum absolute atomic E-state index is 11.7. The average Bonchev–Trinajstić information content (AvgIpc) is 2.28. The van der Waals surface area contributed by atoms with Gasteiger partial charge in [-0.25, -0.2) is 0 Å². The van der Waals surface area contributed by atoms with Crippen LogP contribution in [0.2, 0.25) is 0 Å². The van der Waals surface area contributed by atoms with Gasteiger partial charge < -0.3 is 10.5 Å². The highest BCUT2D eigenvalue weighted by Crippen LogP contribution is 2.17. The molecule has 0 bridgehead atoms. The second-order valence-electron chi connectivity index (χ2n) is 3.98. The first-order chi connectivity index (χ1) is 7.54. The van der Waals surface area contributed by atoms with Crippen LogP contribution in [0.25, 0.3) is 0 Å². The third kappa shape index (κ3) is 3.61. The second-order valence-corrected chi connectivity index (χ2v) is 6.01. The van der Waals surface area contributed by atoms with Crippen LogP contribution >= 0.6 is 0 Å². The minimum Gasteiger partial charge on any atom is -0.497 e. The largest absolute Gasteiger partial charge is 0.497 e. The van der Waals surface area contributed by atoms with Gasteiger partial charge in [-0.1, -0.05) is 26.0 Å². The van der Waals surface area contributed by atoms with Crippen LogP contribution in [-0.4, -0.2) is 22.3 Å². The van der Waals surface area contributed by atoms with E-state index in [0.717, 1.165) is 11.3 Å². The molecule has 16 heavy (non-hydrogen) atoms. The van der Waals surface area contributed by atoms with Crippen molar-refractivity contribution in [1.29, 1.82) is 0 Å². The molecule has 0 aliphatic heterocycles. The van der Waals surface area contributed by atoms with Gasteiger partial charge in [0.25, 0.3) is 0 Å². The van der Waals surface area contributed by atoms with Gasteiger partial charge in [-0.15, -0.1) is 0 Å². The van der Waals surface area contributed by atoms with Crippen molar-refractivity contribution in [3.63, 3.8) is 0 Å². The lowest BCUT2D eigenvalue weighted by Crippen LogP contribution is -2.22. The Morgan fingerprint density at radius 2 is 1.88 bits per heavy atom. The molecule has 1 aromatic carbocycles. The number of methoxy groups -OCH3 is 1. The molecule has 0 heterocycles. The summed E-state index contributed by atoms with van der Waals surface area (Å²) in [5.41, 5.74) is 6.99. The number of nitrogens with two attached hydrogens (primary N) is 1. The average molecular weight is 241 g/mol. The van der Waals surface area contributed by atoms with Crippen molar-refractivity contribution in [1.82, 2.24) is 0 Å². The normalized spacial score (nSPS) is 14.8. The summed E-state index contributed by atoms with van der Waals surface area (Å²) < 4.78 is 16.7. The first-order valence-electron chi connectivity index (χ1n) is 5.31. The van der Waals surface area contributed by atoms with Crippen LogP contribution in [0.3, 0.4) is 0 Å². The quantitative estimate of drug-likeness (QED) is 0.856. The van der Waals surface area contributed by atoms with Crippen LogP contribution in [-0.2, 0) is 10.8 Å². The van der Waals surface area contributed by atoms with Crippen molar-refractivity contribution in [3.8, 4) is 5.75 Å². The fraction of sp³-hybridized carbons (Fsp3) is 0.500. The number of hydrogen-bond donors (Lipinski definition) is 1. The van der Waals surface area contributed by atoms with Crippen LogP contribution in [0, 0.1) is 0 Å². The van der Waals surface area contributed by atoms with Crippen molar-refractivity contribution < 1.29 is 8.95 Å². The van der Waals surface area contributed by atoms with Gasteiger partial charge in [0.05, 0.1) is 7.11 Å². The molecule has 0 fully saturated rings. The lowest BCUT2D eigenvalue weighted by atomic mass is 10.1. The van der Waals surface area contributed by atoms with Gasteiger partial charge in [-0.05, 0) is 17.7 Å². The van der Waals surface area contributed by atoms with Gasteiger partial charge in [-0.3, -0.25) is 4.21 Å². The zero-order chi connectivity index (χ0) is 12.1. The number of rotatable bonds is 5. The van der Waals surface area contributed by atoms with Crippen molar-refractivity contribution in [3.05, 3.63) is 29.8 Å². The zero-order valence-electron chi connectivity index (χ0n) is 9.97. The summed E-state index contributed by atoms with van der Waals surface area (Å²) in [6.07, 6.45) is 0. The molecule has 3 nitrogen and oxygen atoms in total. The smallest absolute Gasteiger partial charge is 0.118 e. The van der Waals surface area contributed by atoms with Gasteiger partial charge in [0.1, 0.15) is 5.75 Å². The second kappa shape index (κ2) is 6.01. The molecule has 0 aliphatic carbocycles. The zero-order valence-corrected chi connectivity index (χ0v) is 10.8. The summed E-state index contributed by atoms with van der Waals surface area (Å²) >= 11 is 0. The van der Waals surface area contributed by atoms with Gasteiger partial charge >= 0.3 is 0 Å². The van der Waals surface area contributed by atoms with E-state index in [1.165, 1.54) is 0 Å². The fourth-order valence-corrected chi connectivity index (χ4v) is 2.25. The maximum Gasteiger partial charge on any atom is 0.118 e. The molecule has 0 radical (unpaired) electrons. The number of ether oxygens (including phenoxy) is 1. The molecule has 0 aromatic heterocycles. The predicted molar refractivity (Wildman–Crippen MR) is 68.1 cm³/mol. The highest BCUT2D eigenvalue weighted by molar-refractivity contribution is 7.85. The van der Waals surface area contributed by atoms with E-state index in [2.05, 4.69) is 0 Å².